The minimum Gasteiger partial charge on any atom is -0.396 e. The lowest BCUT2D eigenvalue weighted by Gasteiger charge is -2.22. The fourth-order valence-corrected chi connectivity index (χ4v) is 2.22. The fraction of sp³-hybridized carbons (Fsp3) is 0.500. The Morgan fingerprint density at radius 2 is 1.76 bits per heavy atom. The van der Waals surface area contributed by atoms with Crippen LogP contribution in [0, 0.1) is 20.8 Å². The molecule has 0 spiro atoms. The molecule has 0 saturated carbocycles. The Morgan fingerprint density at radius 1 is 1.24 bits per heavy atom. The molecule has 0 aliphatic heterocycles. The topological polar surface area (TPSA) is 40.5 Å². The molecule has 3 heteroatoms. The van der Waals surface area contributed by atoms with Crippen molar-refractivity contribution < 1.29 is 9.90 Å². The molecule has 17 heavy (non-hydrogen) atoms. The summed E-state index contributed by atoms with van der Waals surface area (Å²) < 4.78 is 0. The summed E-state index contributed by atoms with van der Waals surface area (Å²) >= 11 is 0. The van der Waals surface area contributed by atoms with Crippen LogP contribution in [0.2, 0.25) is 0 Å². The Bertz CT molecular complexity index is 390. The van der Waals surface area contributed by atoms with Crippen molar-refractivity contribution in [1.29, 1.82) is 0 Å². The fourth-order valence-electron chi connectivity index (χ4n) is 2.22. The second-order valence-electron chi connectivity index (χ2n) is 4.53. The molecule has 0 fully saturated rings. The third-order valence-electron chi connectivity index (χ3n) is 2.89. The van der Waals surface area contributed by atoms with Gasteiger partial charge in [-0.1, -0.05) is 17.7 Å². The second-order valence-corrected chi connectivity index (χ2v) is 4.53. The van der Waals surface area contributed by atoms with Crippen LogP contribution in [0.3, 0.4) is 0 Å². The smallest absolute Gasteiger partial charge is 0.226 e. The molecule has 0 unspecified atom stereocenters. The maximum absolute atomic E-state index is 11.9. The van der Waals surface area contributed by atoms with Crippen LogP contribution in [-0.4, -0.2) is 24.7 Å². The summed E-state index contributed by atoms with van der Waals surface area (Å²) in [5.41, 5.74) is 4.42. The zero-order chi connectivity index (χ0) is 13.0. The molecule has 0 saturated heterocycles. The average molecular weight is 235 g/mol. The minimum absolute atomic E-state index is 0.0501. The summed E-state index contributed by atoms with van der Waals surface area (Å²) in [6.45, 7) is 6.15. The molecule has 3 nitrogen and oxygen atoms in total. The molecule has 0 heterocycles. The van der Waals surface area contributed by atoms with Crippen molar-refractivity contribution in [2.75, 3.05) is 18.6 Å². The number of aryl methyl sites for hydroxylation is 3. The molecule has 1 amide bonds. The van der Waals surface area contributed by atoms with Crippen LogP contribution in [0.4, 0.5) is 5.69 Å². The molecular weight excluding hydrogens is 214 g/mol. The number of carbonyl (C=O) groups excluding carboxylic acids is 1. The molecule has 0 aliphatic rings. The van der Waals surface area contributed by atoms with Gasteiger partial charge in [-0.15, -0.1) is 0 Å². The molecule has 1 aromatic rings. The normalized spacial score (nSPS) is 10.4. The average Bonchev–Trinajstić information content (AvgIpc) is 2.24. The molecule has 0 aromatic heterocycles. The van der Waals surface area contributed by atoms with Crippen molar-refractivity contribution in [1.82, 2.24) is 0 Å². The van der Waals surface area contributed by atoms with Gasteiger partial charge in [-0.25, -0.2) is 0 Å². The van der Waals surface area contributed by atoms with E-state index in [1.54, 1.807) is 11.9 Å². The SMILES string of the molecule is Cc1cc(C)c(N(C)C(=O)CCCO)c(C)c1. The van der Waals surface area contributed by atoms with E-state index in [1.807, 2.05) is 13.8 Å². The van der Waals surface area contributed by atoms with E-state index in [1.165, 1.54) is 5.56 Å². The monoisotopic (exact) mass is 235 g/mol. The summed E-state index contributed by atoms with van der Waals surface area (Å²) in [6, 6.07) is 4.16. The standard InChI is InChI=1S/C14H21NO2/c1-10-8-11(2)14(12(3)9-10)15(4)13(17)6-5-7-16/h8-9,16H,5-7H2,1-4H3. The maximum Gasteiger partial charge on any atom is 0.226 e. The highest BCUT2D eigenvalue weighted by Gasteiger charge is 2.14. The first kappa shape index (κ1) is 13.7. The van der Waals surface area contributed by atoms with Crippen LogP contribution in [-0.2, 0) is 4.79 Å². The van der Waals surface area contributed by atoms with E-state index < -0.39 is 0 Å². The zero-order valence-corrected chi connectivity index (χ0v) is 11.1. The van der Waals surface area contributed by atoms with E-state index in [9.17, 15) is 4.79 Å². The summed E-state index contributed by atoms with van der Waals surface area (Å²) in [5.74, 6) is 0.0501. The predicted octanol–water partition coefficient (Wildman–Crippen LogP) is 2.35. The van der Waals surface area contributed by atoms with Crippen LogP contribution >= 0.6 is 0 Å². The molecule has 1 aromatic carbocycles. The van der Waals surface area contributed by atoms with Gasteiger partial charge in [0.25, 0.3) is 0 Å². The van der Waals surface area contributed by atoms with Crippen LogP contribution < -0.4 is 4.90 Å². The van der Waals surface area contributed by atoms with Gasteiger partial charge in [0, 0.05) is 25.8 Å². The molecule has 94 valence electrons. The molecular formula is C14H21NO2. The number of aliphatic hydroxyl groups is 1. The van der Waals surface area contributed by atoms with Gasteiger partial charge in [0.15, 0.2) is 0 Å². The lowest BCUT2D eigenvalue weighted by molar-refractivity contribution is -0.118. The van der Waals surface area contributed by atoms with Gasteiger partial charge in [-0.2, -0.15) is 0 Å². The van der Waals surface area contributed by atoms with Crippen molar-refractivity contribution in [3.8, 4) is 0 Å². The predicted molar refractivity (Wildman–Crippen MR) is 70.4 cm³/mol. The molecule has 0 bridgehead atoms. The first-order valence-corrected chi connectivity index (χ1v) is 5.92. The number of hydrogen-bond donors (Lipinski definition) is 1. The van der Waals surface area contributed by atoms with Gasteiger partial charge in [-0.3, -0.25) is 4.79 Å². The largest absolute Gasteiger partial charge is 0.396 e. The van der Waals surface area contributed by atoms with Crippen LogP contribution in [0.1, 0.15) is 29.5 Å². The Kier molecular flexibility index (Phi) is 4.70. The summed E-state index contributed by atoms with van der Waals surface area (Å²) in [7, 11) is 1.80. The van der Waals surface area contributed by atoms with E-state index in [4.69, 9.17) is 5.11 Å². The summed E-state index contributed by atoms with van der Waals surface area (Å²) in [5, 5.41) is 8.74. The third-order valence-corrected chi connectivity index (χ3v) is 2.89. The van der Waals surface area contributed by atoms with Crippen molar-refractivity contribution >= 4 is 11.6 Å². The molecule has 0 aliphatic carbocycles. The quantitative estimate of drug-likeness (QED) is 0.870. The Balaban J connectivity index is 2.96. The first-order valence-electron chi connectivity index (χ1n) is 5.92. The highest BCUT2D eigenvalue weighted by atomic mass is 16.3. The van der Waals surface area contributed by atoms with Gasteiger partial charge >= 0.3 is 0 Å². The van der Waals surface area contributed by atoms with Gasteiger partial charge in [0.1, 0.15) is 0 Å². The zero-order valence-electron chi connectivity index (χ0n) is 11.1. The minimum atomic E-state index is 0.0501. The van der Waals surface area contributed by atoms with Gasteiger partial charge in [-0.05, 0) is 38.3 Å². The summed E-state index contributed by atoms with van der Waals surface area (Å²) in [4.78, 5) is 13.6. The Labute approximate surface area is 103 Å². The number of rotatable bonds is 4. The lowest BCUT2D eigenvalue weighted by Crippen LogP contribution is -2.27. The lowest BCUT2D eigenvalue weighted by atomic mass is 10.0. The van der Waals surface area contributed by atoms with Gasteiger partial charge in [0.2, 0.25) is 5.91 Å². The Morgan fingerprint density at radius 3 is 2.24 bits per heavy atom. The molecule has 1 N–H and O–H groups in total. The number of anilines is 1. The van der Waals surface area contributed by atoms with E-state index in [2.05, 4.69) is 19.1 Å². The highest BCUT2D eigenvalue weighted by molar-refractivity contribution is 5.94. The summed E-state index contributed by atoms with van der Waals surface area (Å²) in [6.07, 6.45) is 0.910. The van der Waals surface area contributed by atoms with Crippen LogP contribution in [0.25, 0.3) is 0 Å². The van der Waals surface area contributed by atoms with E-state index >= 15 is 0 Å². The van der Waals surface area contributed by atoms with Crippen LogP contribution in [0.15, 0.2) is 12.1 Å². The van der Waals surface area contributed by atoms with Crippen molar-refractivity contribution in [2.45, 2.75) is 33.6 Å². The van der Waals surface area contributed by atoms with Crippen LogP contribution in [0.5, 0.6) is 0 Å². The van der Waals surface area contributed by atoms with Gasteiger partial charge < -0.3 is 10.0 Å². The van der Waals surface area contributed by atoms with Crippen molar-refractivity contribution in [3.63, 3.8) is 0 Å². The number of hydrogen-bond acceptors (Lipinski definition) is 2. The highest BCUT2D eigenvalue weighted by Crippen LogP contribution is 2.25. The molecule has 0 atom stereocenters. The first-order chi connectivity index (χ1) is 7.97. The Hall–Kier alpha value is -1.35. The van der Waals surface area contributed by atoms with Crippen molar-refractivity contribution in [3.05, 3.63) is 28.8 Å². The van der Waals surface area contributed by atoms with E-state index in [0.29, 0.717) is 12.8 Å². The maximum atomic E-state index is 11.9. The van der Waals surface area contributed by atoms with Crippen molar-refractivity contribution in [2.24, 2.45) is 0 Å². The molecule has 0 radical (unpaired) electrons. The van der Waals surface area contributed by atoms with E-state index in [0.717, 1.165) is 16.8 Å². The number of benzene rings is 1. The van der Waals surface area contributed by atoms with E-state index in [-0.39, 0.29) is 12.5 Å². The number of nitrogens with zero attached hydrogens (tertiary/aromatic N) is 1. The second kappa shape index (κ2) is 5.82. The number of aliphatic hydroxyl groups excluding tert-OH is 1. The number of carbonyl (C=O) groups is 1. The van der Waals surface area contributed by atoms with Gasteiger partial charge in [0.05, 0.1) is 0 Å². The third kappa shape index (κ3) is 3.30. The number of amides is 1. The molecule has 1 rings (SSSR count).